The van der Waals surface area contributed by atoms with Gasteiger partial charge in [0, 0.05) is 49.9 Å². The number of anilines is 3. The van der Waals surface area contributed by atoms with Gasteiger partial charge < -0.3 is 29.3 Å². The molecule has 2 aromatic heterocycles. The number of methoxy groups -OCH3 is 2. The van der Waals surface area contributed by atoms with Crippen LogP contribution in [0.2, 0.25) is 0 Å². The number of nitrogens with one attached hydrogen (secondary N) is 1. The van der Waals surface area contributed by atoms with Gasteiger partial charge in [-0.2, -0.15) is 21.8 Å². The zero-order valence-corrected chi connectivity index (χ0v) is 40.3. The molecule has 2 aromatic carbocycles. The lowest BCUT2D eigenvalue weighted by Crippen LogP contribution is -2.27. The zero-order chi connectivity index (χ0) is 47.8. The standard InChI is InChI=1S/C38H44N12O11S5/c1-7-21-13-32-41-36(40-23-15-26(49(8-2)9-3)28(59-5)17-25(23)46-48-38-44-35(66(56,57)58)31(19-52)64-38)42-33(21)39-22-14-27(50(10-4)20-61-11-12-62-32)29(60-6)16-24(22)45-47-37-43-34(65(53,54)55)30(18-51)63-37/h14-19,21H,7-13,20H2,1-6H3,(H,39,40,42)(H,53,54,55)(H,56,57,58). The molecule has 23 nitrogen and oxygen atoms in total. The molecule has 28 heteroatoms. The van der Waals surface area contributed by atoms with Gasteiger partial charge in [0.05, 0.1) is 48.6 Å². The summed E-state index contributed by atoms with van der Waals surface area (Å²) < 4.78 is 84.6. The highest BCUT2D eigenvalue weighted by Crippen LogP contribution is 2.44. The Labute approximate surface area is 391 Å². The predicted molar refractivity (Wildman–Crippen MR) is 253 cm³/mol. The fourth-order valence-electron chi connectivity index (χ4n) is 6.50. The van der Waals surface area contributed by atoms with E-state index in [0.717, 1.165) is 0 Å². The van der Waals surface area contributed by atoms with Crippen LogP contribution in [-0.4, -0.2) is 118 Å². The van der Waals surface area contributed by atoms with Crippen molar-refractivity contribution in [3.8, 4) is 11.5 Å². The van der Waals surface area contributed by atoms with Gasteiger partial charge in [0.25, 0.3) is 0 Å². The van der Waals surface area contributed by atoms with E-state index in [1.807, 2.05) is 37.5 Å². The van der Waals surface area contributed by atoms with Crippen molar-refractivity contribution in [2.75, 3.05) is 68.1 Å². The second kappa shape index (κ2) is 21.8. The number of nitrogens with zero attached hydrogens (tertiary/aromatic N) is 11. The highest BCUT2D eigenvalue weighted by molar-refractivity contribution is 8.14. The molecule has 0 radical (unpaired) electrons. The number of ether oxygens (including phenoxy) is 3. The third-order valence-corrected chi connectivity index (χ3v) is 14.3. The summed E-state index contributed by atoms with van der Waals surface area (Å²) in [5, 5.41) is 18.9. The molecule has 6 rings (SSSR count). The van der Waals surface area contributed by atoms with Crippen molar-refractivity contribution in [2.45, 2.75) is 50.6 Å². The molecule has 2 aliphatic rings. The summed E-state index contributed by atoms with van der Waals surface area (Å²) in [7, 11) is -6.69. The molecule has 1 unspecified atom stereocenters. The number of rotatable bonds is 16. The molecule has 0 saturated carbocycles. The number of guanidine groups is 1. The van der Waals surface area contributed by atoms with E-state index in [0.29, 0.717) is 107 Å². The molecule has 0 spiro atoms. The number of carbonyl (C=O) groups is 2. The largest absolute Gasteiger partial charge is 0.494 e. The summed E-state index contributed by atoms with van der Waals surface area (Å²) in [5.74, 6) is 1.52. The van der Waals surface area contributed by atoms with E-state index in [-0.39, 0.29) is 68.3 Å². The lowest BCUT2D eigenvalue weighted by Gasteiger charge is -2.26. The van der Waals surface area contributed by atoms with Gasteiger partial charge in [-0.25, -0.2) is 20.0 Å². The molecule has 4 aromatic rings. The summed E-state index contributed by atoms with van der Waals surface area (Å²) in [6.07, 6.45) is 1.50. The number of benzene rings is 2. The highest BCUT2D eigenvalue weighted by atomic mass is 32.2. The normalized spacial score (nSPS) is 16.1. The van der Waals surface area contributed by atoms with Crippen LogP contribution >= 0.6 is 34.4 Å². The summed E-state index contributed by atoms with van der Waals surface area (Å²) in [5.41, 5.74) is 2.24. The van der Waals surface area contributed by atoms with Crippen LogP contribution in [0.5, 0.6) is 11.5 Å². The fraction of sp³-hybridized carbons (Fsp3) is 0.395. The Bertz CT molecular complexity index is 2860. The molecule has 1 atom stereocenters. The van der Waals surface area contributed by atoms with Crippen LogP contribution in [-0.2, 0) is 25.0 Å². The van der Waals surface area contributed by atoms with Crippen LogP contribution in [0.25, 0.3) is 0 Å². The van der Waals surface area contributed by atoms with Crippen molar-refractivity contribution in [3.05, 3.63) is 34.0 Å². The number of thioether (sulfide) groups is 1. The summed E-state index contributed by atoms with van der Waals surface area (Å²) in [6.45, 7) is 10.2. The Kier molecular flexibility index (Phi) is 16.4. The van der Waals surface area contributed by atoms with Crippen LogP contribution in [0, 0.1) is 5.92 Å². The average Bonchev–Trinajstić information content (AvgIpc) is 3.89. The molecule has 352 valence electrons. The molecule has 0 amide bonds. The number of aromatic nitrogens is 2. The van der Waals surface area contributed by atoms with Gasteiger partial charge >= 0.3 is 20.2 Å². The smallest absolute Gasteiger partial charge is 0.313 e. The molecule has 0 fully saturated rings. The van der Waals surface area contributed by atoms with E-state index >= 15 is 0 Å². The number of carbonyl (C=O) groups excluding carboxylic acids is 2. The summed E-state index contributed by atoms with van der Waals surface area (Å²) in [4.78, 5) is 49.3. The lowest BCUT2D eigenvalue weighted by molar-refractivity contribution is 0.111. The van der Waals surface area contributed by atoms with E-state index < -0.39 is 30.3 Å². The average molecular weight is 1010 g/mol. The van der Waals surface area contributed by atoms with Crippen molar-refractivity contribution >= 4 is 128 Å². The van der Waals surface area contributed by atoms with E-state index in [9.17, 15) is 35.5 Å². The highest BCUT2D eigenvalue weighted by Gasteiger charge is 2.27. The number of aldehydes is 2. The first-order chi connectivity index (χ1) is 31.6. The summed E-state index contributed by atoms with van der Waals surface area (Å²) >= 11 is 2.72. The number of fused-ring (bicyclic) bond motifs is 5. The molecule has 4 bridgehead atoms. The molecule has 3 N–H and O–H groups in total. The number of hydrogen-bond acceptors (Lipinski definition) is 24. The van der Waals surface area contributed by atoms with Crippen LogP contribution < -0.4 is 24.6 Å². The molecule has 2 aliphatic heterocycles. The number of thiazole rings is 2. The number of aliphatic imine (C=N–C) groups is 3. The van der Waals surface area contributed by atoms with Crippen LogP contribution in [0.15, 0.2) is 69.8 Å². The van der Waals surface area contributed by atoms with Gasteiger partial charge in [-0.15, -0.1) is 32.2 Å². The van der Waals surface area contributed by atoms with Crippen molar-refractivity contribution in [3.63, 3.8) is 0 Å². The predicted octanol–water partition coefficient (Wildman–Crippen LogP) is 8.29. The maximum atomic E-state index is 11.9. The monoisotopic (exact) mass is 1000 g/mol. The molecule has 4 heterocycles. The van der Waals surface area contributed by atoms with Crippen LogP contribution in [0.3, 0.4) is 0 Å². The molecular formula is C38H44N12O11S5. The molecular weight excluding hydrogens is 961 g/mol. The van der Waals surface area contributed by atoms with Gasteiger partial charge in [-0.1, -0.05) is 29.6 Å². The molecule has 0 aliphatic carbocycles. The second-order valence-corrected chi connectivity index (χ2v) is 19.6. The third-order valence-electron chi connectivity index (χ3n) is 9.76. The fourth-order valence-corrected chi connectivity index (χ4v) is 10.6. The SMILES string of the molecule is CCC1CC2=NC(Nc3cc(N(CC)CC)c(OC)cc3N=Nc3nc(S(=O)(=O)O)c(C=O)s3)=NC1=Nc1cc(c(OC)cc1N=Nc1nc(S(=O)(=O)O)c(C=O)s1)N(CC)COCCS2. The Morgan fingerprint density at radius 1 is 0.848 bits per heavy atom. The maximum Gasteiger partial charge on any atom is 0.313 e. The van der Waals surface area contributed by atoms with E-state index in [1.165, 1.54) is 26.0 Å². The minimum absolute atomic E-state index is 0.107. The number of azo groups is 2. The van der Waals surface area contributed by atoms with Crippen molar-refractivity contribution in [1.82, 2.24) is 9.97 Å². The molecule has 66 heavy (non-hydrogen) atoms. The third kappa shape index (κ3) is 11.7. The van der Waals surface area contributed by atoms with Crippen LogP contribution in [0.1, 0.15) is 59.9 Å². The Hall–Kier alpha value is -5.62. The topological polar surface area (TPSA) is 301 Å². The Balaban J connectivity index is 1.55. The van der Waals surface area contributed by atoms with Crippen LogP contribution in [0.4, 0.5) is 44.4 Å². The van der Waals surface area contributed by atoms with E-state index in [2.05, 4.69) is 35.7 Å². The number of amidine groups is 1. The van der Waals surface area contributed by atoms with Gasteiger partial charge in [-0.3, -0.25) is 18.7 Å². The van der Waals surface area contributed by atoms with Gasteiger partial charge in [0.2, 0.25) is 26.3 Å². The first-order valence-corrected chi connectivity index (χ1v) is 25.4. The van der Waals surface area contributed by atoms with Crippen molar-refractivity contribution in [1.29, 1.82) is 0 Å². The summed E-state index contributed by atoms with van der Waals surface area (Å²) in [6, 6.07) is 6.71. The first kappa shape index (κ1) is 49.8. The van der Waals surface area contributed by atoms with E-state index in [4.69, 9.17) is 29.2 Å². The Morgan fingerprint density at radius 3 is 1.98 bits per heavy atom. The zero-order valence-electron chi connectivity index (χ0n) is 36.2. The van der Waals surface area contributed by atoms with Gasteiger partial charge in [0.1, 0.15) is 45.2 Å². The second-order valence-electron chi connectivity index (χ2n) is 13.7. The quantitative estimate of drug-likeness (QED) is 0.0540. The first-order valence-electron chi connectivity index (χ1n) is 19.9. The van der Waals surface area contributed by atoms with E-state index in [1.54, 1.807) is 24.3 Å². The number of hydrogen-bond donors (Lipinski definition) is 3. The van der Waals surface area contributed by atoms with Crippen molar-refractivity contribution < 1.29 is 49.7 Å². The maximum absolute atomic E-state index is 11.9. The molecule has 0 saturated heterocycles. The van der Waals surface area contributed by atoms with Gasteiger partial charge in [-0.05, 0) is 39.3 Å². The van der Waals surface area contributed by atoms with Gasteiger partial charge in [0.15, 0.2) is 12.6 Å². The van der Waals surface area contributed by atoms with Crippen molar-refractivity contribution in [2.24, 2.45) is 41.4 Å². The Morgan fingerprint density at radius 2 is 1.45 bits per heavy atom. The lowest BCUT2D eigenvalue weighted by atomic mass is 10.0. The minimum atomic E-state index is -4.84. The minimum Gasteiger partial charge on any atom is -0.494 e.